The van der Waals surface area contributed by atoms with Gasteiger partial charge in [-0.05, 0) is 56.2 Å². The third-order valence-corrected chi connectivity index (χ3v) is 5.38. The van der Waals surface area contributed by atoms with E-state index in [1.165, 1.54) is 19.1 Å². The highest BCUT2D eigenvalue weighted by atomic mass is 32.2. The standard InChI is InChI=1S/C19H21F3N2O3S/c1-12-8-9-13(2)17(10-12)24(28(4,26)27)14(3)18(25)23-16-7-5-6-15(11-16)19(20,21)22/h5-11,14H,1-4H3,(H,23,25)/t14-/m0/s1. The van der Waals surface area contributed by atoms with E-state index in [4.69, 9.17) is 0 Å². The zero-order valence-electron chi connectivity index (χ0n) is 15.8. The van der Waals surface area contributed by atoms with Crippen LogP contribution in [0.4, 0.5) is 24.5 Å². The van der Waals surface area contributed by atoms with Gasteiger partial charge >= 0.3 is 6.18 Å². The Bertz CT molecular complexity index is 988. The zero-order valence-corrected chi connectivity index (χ0v) is 16.6. The normalized spacial score (nSPS) is 13.1. The summed E-state index contributed by atoms with van der Waals surface area (Å²) in [5.74, 6) is -0.745. The molecule has 1 atom stereocenters. The Morgan fingerprint density at radius 1 is 1.11 bits per heavy atom. The molecule has 0 aliphatic heterocycles. The van der Waals surface area contributed by atoms with Crippen LogP contribution in [0.5, 0.6) is 0 Å². The van der Waals surface area contributed by atoms with Crippen LogP contribution in [0.3, 0.4) is 0 Å². The van der Waals surface area contributed by atoms with Gasteiger partial charge in [0, 0.05) is 5.69 Å². The van der Waals surface area contributed by atoms with Crippen LogP contribution in [0, 0.1) is 13.8 Å². The van der Waals surface area contributed by atoms with E-state index in [2.05, 4.69) is 5.32 Å². The van der Waals surface area contributed by atoms with Crippen molar-refractivity contribution in [1.29, 1.82) is 0 Å². The molecule has 2 rings (SSSR count). The van der Waals surface area contributed by atoms with E-state index < -0.39 is 33.7 Å². The third-order valence-electron chi connectivity index (χ3n) is 4.15. The Morgan fingerprint density at radius 3 is 2.32 bits per heavy atom. The van der Waals surface area contributed by atoms with Gasteiger partial charge in [-0.15, -0.1) is 0 Å². The molecule has 0 aromatic heterocycles. The number of sulfonamides is 1. The van der Waals surface area contributed by atoms with Gasteiger partial charge in [0.2, 0.25) is 15.9 Å². The number of carbonyl (C=O) groups is 1. The van der Waals surface area contributed by atoms with Crippen molar-refractivity contribution in [2.75, 3.05) is 15.9 Å². The first kappa shape index (κ1) is 21.7. The first-order valence-electron chi connectivity index (χ1n) is 8.35. The van der Waals surface area contributed by atoms with Gasteiger partial charge in [0.05, 0.1) is 17.5 Å². The van der Waals surface area contributed by atoms with Gasteiger partial charge in [-0.1, -0.05) is 18.2 Å². The topological polar surface area (TPSA) is 66.5 Å². The summed E-state index contributed by atoms with van der Waals surface area (Å²) < 4.78 is 64.3. The summed E-state index contributed by atoms with van der Waals surface area (Å²) in [6.45, 7) is 4.88. The van der Waals surface area contributed by atoms with Crippen LogP contribution in [0.1, 0.15) is 23.6 Å². The number of hydrogen-bond acceptors (Lipinski definition) is 3. The summed E-state index contributed by atoms with van der Waals surface area (Å²) >= 11 is 0. The number of nitrogens with one attached hydrogen (secondary N) is 1. The molecule has 2 aromatic rings. The van der Waals surface area contributed by atoms with Crippen LogP contribution in [-0.4, -0.2) is 26.6 Å². The number of alkyl halides is 3. The number of anilines is 2. The van der Waals surface area contributed by atoms with E-state index in [0.717, 1.165) is 28.3 Å². The third kappa shape index (κ3) is 5.03. The van der Waals surface area contributed by atoms with Gasteiger partial charge in [-0.25, -0.2) is 8.42 Å². The molecular formula is C19H21F3N2O3S. The van der Waals surface area contributed by atoms with E-state index in [1.807, 2.05) is 6.07 Å². The van der Waals surface area contributed by atoms with Gasteiger partial charge < -0.3 is 5.32 Å². The minimum atomic E-state index is -4.55. The van der Waals surface area contributed by atoms with Crippen LogP contribution >= 0.6 is 0 Å². The van der Waals surface area contributed by atoms with Gasteiger partial charge in [-0.3, -0.25) is 9.10 Å². The van der Waals surface area contributed by atoms with E-state index in [9.17, 15) is 26.4 Å². The predicted octanol–water partition coefficient (Wildman–Crippen LogP) is 4.12. The number of nitrogens with zero attached hydrogens (tertiary/aromatic N) is 1. The fourth-order valence-corrected chi connectivity index (χ4v) is 3.98. The first-order chi connectivity index (χ1) is 12.8. The van der Waals surface area contributed by atoms with Crippen molar-refractivity contribution in [3.8, 4) is 0 Å². The minimum Gasteiger partial charge on any atom is -0.324 e. The lowest BCUT2D eigenvalue weighted by Gasteiger charge is -2.29. The van der Waals surface area contributed by atoms with Crippen molar-refractivity contribution >= 4 is 27.3 Å². The van der Waals surface area contributed by atoms with Gasteiger partial charge in [0.25, 0.3) is 0 Å². The van der Waals surface area contributed by atoms with Crippen LogP contribution in [0.25, 0.3) is 0 Å². The van der Waals surface area contributed by atoms with Crippen molar-refractivity contribution < 1.29 is 26.4 Å². The van der Waals surface area contributed by atoms with Gasteiger partial charge in [0.1, 0.15) is 6.04 Å². The lowest BCUT2D eigenvalue weighted by atomic mass is 10.1. The number of amides is 1. The Hall–Kier alpha value is -2.55. The summed E-state index contributed by atoms with van der Waals surface area (Å²) in [7, 11) is -3.83. The Morgan fingerprint density at radius 2 is 1.75 bits per heavy atom. The molecule has 0 spiro atoms. The lowest BCUT2D eigenvalue weighted by molar-refractivity contribution is -0.137. The molecule has 2 aromatic carbocycles. The molecule has 0 aliphatic carbocycles. The van der Waals surface area contributed by atoms with Crippen LogP contribution in [0.15, 0.2) is 42.5 Å². The number of rotatable bonds is 5. The largest absolute Gasteiger partial charge is 0.416 e. The van der Waals surface area contributed by atoms with Crippen molar-refractivity contribution in [3.63, 3.8) is 0 Å². The molecule has 0 aliphatic rings. The molecular weight excluding hydrogens is 393 g/mol. The van der Waals surface area contributed by atoms with Crippen LogP contribution in [0.2, 0.25) is 0 Å². The van der Waals surface area contributed by atoms with E-state index in [1.54, 1.807) is 26.0 Å². The summed E-state index contributed by atoms with van der Waals surface area (Å²) in [5, 5.41) is 2.37. The summed E-state index contributed by atoms with van der Waals surface area (Å²) in [4.78, 5) is 12.6. The highest BCUT2D eigenvalue weighted by Gasteiger charge is 2.32. The highest BCUT2D eigenvalue weighted by Crippen LogP contribution is 2.31. The number of halogens is 3. The molecule has 0 heterocycles. The number of benzene rings is 2. The van der Waals surface area contributed by atoms with Gasteiger partial charge in [0.15, 0.2) is 0 Å². The Labute approximate surface area is 162 Å². The molecule has 1 N–H and O–H groups in total. The average Bonchev–Trinajstić information content (AvgIpc) is 2.56. The number of hydrogen-bond donors (Lipinski definition) is 1. The fraction of sp³-hybridized carbons (Fsp3) is 0.316. The summed E-state index contributed by atoms with van der Waals surface area (Å²) in [6.07, 6.45) is -3.58. The molecule has 1 amide bonds. The fourth-order valence-electron chi connectivity index (χ4n) is 2.76. The molecule has 0 bridgehead atoms. The van der Waals surface area contributed by atoms with E-state index in [0.29, 0.717) is 11.3 Å². The van der Waals surface area contributed by atoms with Crippen LogP contribution < -0.4 is 9.62 Å². The second-order valence-electron chi connectivity index (χ2n) is 6.59. The van der Waals surface area contributed by atoms with Crippen molar-refractivity contribution in [2.45, 2.75) is 33.0 Å². The van der Waals surface area contributed by atoms with E-state index >= 15 is 0 Å². The molecule has 0 radical (unpaired) electrons. The second-order valence-corrected chi connectivity index (χ2v) is 8.45. The lowest BCUT2D eigenvalue weighted by Crippen LogP contribution is -2.45. The number of carbonyl (C=O) groups excluding carboxylic acids is 1. The Balaban J connectivity index is 2.37. The molecule has 0 saturated carbocycles. The SMILES string of the molecule is Cc1ccc(C)c(N([C@@H](C)C(=O)Nc2cccc(C(F)(F)F)c2)S(C)(=O)=O)c1. The summed E-state index contributed by atoms with van der Waals surface area (Å²) in [5.41, 5.74) is 0.817. The first-order valence-corrected chi connectivity index (χ1v) is 10.2. The quantitative estimate of drug-likeness (QED) is 0.801. The van der Waals surface area contributed by atoms with Crippen molar-refractivity contribution in [1.82, 2.24) is 0 Å². The molecule has 0 unspecified atom stereocenters. The molecule has 28 heavy (non-hydrogen) atoms. The van der Waals surface area contributed by atoms with Crippen LogP contribution in [-0.2, 0) is 21.0 Å². The number of aryl methyl sites for hydroxylation is 2. The van der Waals surface area contributed by atoms with Crippen molar-refractivity contribution in [2.24, 2.45) is 0 Å². The maximum absolute atomic E-state index is 12.9. The van der Waals surface area contributed by atoms with Gasteiger partial charge in [-0.2, -0.15) is 13.2 Å². The maximum atomic E-state index is 12.9. The smallest absolute Gasteiger partial charge is 0.324 e. The molecule has 152 valence electrons. The molecule has 0 fully saturated rings. The van der Waals surface area contributed by atoms with E-state index in [-0.39, 0.29) is 5.69 Å². The monoisotopic (exact) mass is 414 g/mol. The summed E-state index contributed by atoms with van der Waals surface area (Å²) in [6, 6.07) is 8.18. The minimum absolute atomic E-state index is 0.0684. The van der Waals surface area contributed by atoms with Crippen molar-refractivity contribution in [3.05, 3.63) is 59.2 Å². The highest BCUT2D eigenvalue weighted by molar-refractivity contribution is 7.92. The average molecular weight is 414 g/mol. The molecule has 5 nitrogen and oxygen atoms in total. The molecule has 0 saturated heterocycles. The molecule has 9 heteroatoms. The Kier molecular flexibility index (Phi) is 6.08. The predicted molar refractivity (Wildman–Crippen MR) is 103 cm³/mol. The maximum Gasteiger partial charge on any atom is 0.416 e. The zero-order chi connectivity index (χ0) is 21.3. The second kappa shape index (κ2) is 7.83.